The lowest BCUT2D eigenvalue weighted by molar-refractivity contribution is 0.0637. The van der Waals surface area contributed by atoms with Gasteiger partial charge >= 0.3 is 0 Å². The average molecular weight is 1040 g/mol. The first-order chi connectivity index (χ1) is 38.2. The fourth-order valence-corrected chi connectivity index (χ4v) is 9.48. The average Bonchev–Trinajstić information content (AvgIpc) is 4.41. The van der Waals surface area contributed by atoms with Crippen LogP contribution in [0.1, 0.15) is 115 Å². The van der Waals surface area contributed by atoms with Gasteiger partial charge in [-0.05, 0) is 91.6 Å². The van der Waals surface area contributed by atoms with E-state index in [9.17, 15) is 28.8 Å². The third-order valence-electron chi connectivity index (χ3n) is 13.4. The summed E-state index contributed by atoms with van der Waals surface area (Å²) >= 11 is 0. The fourth-order valence-electron chi connectivity index (χ4n) is 9.48. The molecule has 390 valence electrons. The van der Waals surface area contributed by atoms with E-state index in [0.29, 0.717) is 111 Å². The van der Waals surface area contributed by atoms with Gasteiger partial charge in [-0.15, -0.1) is 15.3 Å². The van der Waals surface area contributed by atoms with Crippen LogP contribution in [-0.2, 0) is 38.9 Å². The molecule has 18 heteroatoms. The van der Waals surface area contributed by atoms with Crippen LogP contribution >= 0.6 is 0 Å². The molecule has 12 rings (SSSR count). The largest absolute Gasteiger partial charge is 0.274 e. The molecule has 78 heavy (non-hydrogen) atoms. The minimum atomic E-state index is -0.210. The molecule has 9 aromatic rings. The third kappa shape index (κ3) is 12.1. The van der Waals surface area contributed by atoms with E-state index in [1.54, 1.807) is 86.8 Å². The Morgan fingerprint density at radius 1 is 0.282 bits per heavy atom. The first-order valence-corrected chi connectivity index (χ1v) is 25.8. The summed E-state index contributed by atoms with van der Waals surface area (Å²) in [6.07, 6.45) is 9.73. The number of nitrogens with zero attached hydrogens (tertiary/aromatic N) is 12. The molecule has 0 aliphatic carbocycles. The fraction of sp³-hybridized carbons (Fsp3) is 0.200. The highest BCUT2D eigenvalue weighted by Gasteiger charge is 2.36. The van der Waals surface area contributed by atoms with E-state index in [1.807, 2.05) is 110 Å². The summed E-state index contributed by atoms with van der Waals surface area (Å²) in [4.78, 5) is 77.9. The van der Waals surface area contributed by atoms with Crippen LogP contribution in [0.2, 0.25) is 0 Å². The molecular weight excluding hydrogens is 985 g/mol. The molecule has 6 heterocycles. The van der Waals surface area contributed by atoms with Gasteiger partial charge in [0.2, 0.25) is 0 Å². The molecule has 0 saturated carbocycles. The Morgan fingerprint density at radius 3 is 0.731 bits per heavy atom. The normalized spacial score (nSPS) is 13.3. The SMILES string of the molecule is O=C1c2ccccc2C(=O)N1CCCc1cn(Cc2ccccc2)nn1.O=C1c2ccccc2C(=O)N1CCCc1cn(Cc2ccccc2)nn1.O=C1c2ccccc2C(=O)N1CCCc1cn(Cc2ccccc2)nn1. The maximum Gasteiger partial charge on any atom is 0.261 e. The lowest BCUT2D eigenvalue weighted by atomic mass is 10.1. The molecule has 0 saturated heterocycles. The van der Waals surface area contributed by atoms with E-state index < -0.39 is 0 Å². The summed E-state index contributed by atoms with van der Waals surface area (Å²) in [6.45, 7) is 3.18. The van der Waals surface area contributed by atoms with Crippen molar-refractivity contribution in [3.05, 3.63) is 250 Å². The van der Waals surface area contributed by atoms with Gasteiger partial charge in [-0.1, -0.05) is 143 Å². The Balaban J connectivity index is 0.000000132. The Morgan fingerprint density at radius 2 is 0.500 bits per heavy atom. The van der Waals surface area contributed by atoms with Crippen molar-refractivity contribution >= 4 is 35.4 Å². The number of carbonyl (C=O) groups is 6. The molecule has 3 aromatic heterocycles. The minimum Gasteiger partial charge on any atom is -0.274 e. The number of amides is 6. The van der Waals surface area contributed by atoms with Gasteiger partial charge in [-0.3, -0.25) is 43.5 Å². The zero-order chi connectivity index (χ0) is 53.8. The van der Waals surface area contributed by atoms with Crippen molar-refractivity contribution in [3.63, 3.8) is 0 Å². The van der Waals surface area contributed by atoms with E-state index in [4.69, 9.17) is 0 Å². The van der Waals surface area contributed by atoms with Crippen LogP contribution in [0.3, 0.4) is 0 Å². The van der Waals surface area contributed by atoms with Gasteiger partial charge in [-0.25, -0.2) is 14.0 Å². The first kappa shape index (κ1) is 51.6. The van der Waals surface area contributed by atoms with Crippen molar-refractivity contribution in [2.75, 3.05) is 19.6 Å². The van der Waals surface area contributed by atoms with E-state index in [2.05, 4.69) is 30.9 Å². The molecule has 3 aliphatic rings. The number of aryl methyl sites for hydroxylation is 3. The van der Waals surface area contributed by atoms with Gasteiger partial charge in [0, 0.05) is 38.2 Å². The Labute approximate surface area is 449 Å². The molecule has 0 spiro atoms. The number of hydrogen-bond acceptors (Lipinski definition) is 12. The third-order valence-corrected chi connectivity index (χ3v) is 13.4. The summed E-state index contributed by atoms with van der Waals surface area (Å²) in [5, 5.41) is 25.0. The summed E-state index contributed by atoms with van der Waals surface area (Å²) in [5.74, 6) is -1.26. The topological polar surface area (TPSA) is 204 Å². The highest BCUT2D eigenvalue weighted by molar-refractivity contribution is 6.22. The highest BCUT2D eigenvalue weighted by atomic mass is 16.2. The zero-order valence-corrected chi connectivity index (χ0v) is 42.6. The number of hydrogen-bond donors (Lipinski definition) is 0. The van der Waals surface area contributed by atoms with Crippen LogP contribution in [0.4, 0.5) is 0 Å². The molecule has 6 amide bonds. The molecule has 0 N–H and O–H groups in total. The predicted molar refractivity (Wildman–Crippen MR) is 287 cm³/mol. The van der Waals surface area contributed by atoms with E-state index >= 15 is 0 Å². The van der Waals surface area contributed by atoms with Crippen molar-refractivity contribution in [2.45, 2.75) is 58.2 Å². The standard InChI is InChI=1S/3C20H18N4O2/c3*25-19-17-10-4-5-11-18(17)20(26)24(19)12-6-9-16-14-23(22-21-16)13-15-7-2-1-3-8-15/h3*1-5,7-8,10-11,14H,6,9,12-13H2. The molecule has 0 bridgehead atoms. The molecule has 18 nitrogen and oxygen atoms in total. The summed E-state index contributed by atoms with van der Waals surface area (Å²) in [7, 11) is 0. The molecule has 0 atom stereocenters. The van der Waals surface area contributed by atoms with Crippen molar-refractivity contribution in [1.82, 2.24) is 59.7 Å². The molecule has 0 radical (unpaired) electrons. The molecular formula is C60H54N12O6. The second-order valence-electron chi connectivity index (χ2n) is 18.9. The van der Waals surface area contributed by atoms with Crippen LogP contribution in [0.15, 0.2) is 182 Å². The van der Waals surface area contributed by atoms with Gasteiger partial charge in [0.25, 0.3) is 35.4 Å². The number of benzene rings is 6. The van der Waals surface area contributed by atoms with Gasteiger partial charge in [0.1, 0.15) is 0 Å². The summed E-state index contributed by atoms with van der Waals surface area (Å²) < 4.78 is 5.39. The lowest BCUT2D eigenvalue weighted by Crippen LogP contribution is -2.30. The molecule has 0 fully saturated rings. The second-order valence-corrected chi connectivity index (χ2v) is 18.9. The molecule has 0 unspecified atom stereocenters. The van der Waals surface area contributed by atoms with Crippen LogP contribution in [0, 0.1) is 0 Å². The highest BCUT2D eigenvalue weighted by Crippen LogP contribution is 2.25. The van der Waals surface area contributed by atoms with Crippen molar-refractivity contribution in [3.8, 4) is 0 Å². The zero-order valence-electron chi connectivity index (χ0n) is 42.6. The molecule has 3 aliphatic heterocycles. The monoisotopic (exact) mass is 1040 g/mol. The van der Waals surface area contributed by atoms with Crippen LogP contribution in [0.5, 0.6) is 0 Å². The smallest absolute Gasteiger partial charge is 0.261 e. The Bertz CT molecular complexity index is 3120. The Kier molecular flexibility index (Phi) is 16.0. The van der Waals surface area contributed by atoms with Gasteiger partial charge in [0.15, 0.2) is 0 Å². The number of rotatable bonds is 18. The number of aromatic nitrogens is 9. The van der Waals surface area contributed by atoms with Crippen LogP contribution < -0.4 is 0 Å². The lowest BCUT2D eigenvalue weighted by Gasteiger charge is -2.12. The number of carbonyl (C=O) groups excluding carboxylic acids is 6. The first-order valence-electron chi connectivity index (χ1n) is 25.8. The number of imide groups is 3. The molecule has 6 aromatic carbocycles. The maximum absolute atomic E-state index is 12.3. The van der Waals surface area contributed by atoms with Gasteiger partial charge in [-0.2, -0.15) is 0 Å². The van der Waals surface area contributed by atoms with Crippen molar-refractivity contribution < 1.29 is 28.8 Å². The number of fused-ring (bicyclic) bond motifs is 3. The van der Waals surface area contributed by atoms with E-state index in [-0.39, 0.29) is 35.4 Å². The van der Waals surface area contributed by atoms with Gasteiger partial charge in [0.05, 0.1) is 70.1 Å². The van der Waals surface area contributed by atoms with E-state index in [0.717, 1.165) is 33.8 Å². The maximum atomic E-state index is 12.3. The van der Waals surface area contributed by atoms with E-state index in [1.165, 1.54) is 14.7 Å². The summed E-state index contributed by atoms with van der Waals surface area (Å²) in [6, 6.07) is 51.0. The predicted octanol–water partition coefficient (Wildman–Crippen LogP) is 7.67. The van der Waals surface area contributed by atoms with Crippen molar-refractivity contribution in [1.29, 1.82) is 0 Å². The van der Waals surface area contributed by atoms with Crippen LogP contribution in [0.25, 0.3) is 0 Å². The van der Waals surface area contributed by atoms with Gasteiger partial charge < -0.3 is 0 Å². The summed E-state index contributed by atoms with van der Waals surface area (Å²) in [5.41, 5.74) is 9.01. The minimum absolute atomic E-state index is 0.210. The van der Waals surface area contributed by atoms with Crippen molar-refractivity contribution in [2.24, 2.45) is 0 Å². The Hall–Kier alpha value is -9.84. The van der Waals surface area contributed by atoms with Crippen LogP contribution in [-0.4, -0.2) is 115 Å². The second kappa shape index (κ2) is 24.2. The quantitative estimate of drug-likeness (QED) is 0.0760.